The smallest absolute Gasteiger partial charge is 0.408 e. The SMILES string of the molecule is Cc1ccc(C(C(=O)Nc2ccc3ccccc3c2)N(C(=O)C(CC(C)C)NC(=O)OC(C)(C)C)C(C)C)c(C)c1. The number of ether oxygens (including phenoxy) is 1. The van der Waals surface area contributed by atoms with Crippen molar-refractivity contribution in [2.45, 2.75) is 92.5 Å². The van der Waals surface area contributed by atoms with E-state index in [1.54, 1.807) is 25.7 Å². The van der Waals surface area contributed by atoms with Crippen LogP contribution in [0.5, 0.6) is 0 Å². The summed E-state index contributed by atoms with van der Waals surface area (Å²) in [5.74, 6) is -0.549. The van der Waals surface area contributed by atoms with E-state index in [9.17, 15) is 14.4 Å². The van der Waals surface area contributed by atoms with Crippen LogP contribution in [0.4, 0.5) is 10.5 Å². The third-order valence-corrected chi connectivity index (χ3v) is 6.77. The molecule has 3 rings (SSSR count). The number of carbonyl (C=O) groups is 3. The number of hydrogen-bond donors (Lipinski definition) is 2. The lowest BCUT2D eigenvalue weighted by atomic mass is 9.94. The first kappa shape index (κ1) is 31.7. The molecule has 3 amide bonds. The van der Waals surface area contributed by atoms with Gasteiger partial charge in [-0.15, -0.1) is 0 Å². The largest absolute Gasteiger partial charge is 0.444 e. The predicted octanol–water partition coefficient (Wildman–Crippen LogP) is 7.31. The predicted molar refractivity (Wildman–Crippen MR) is 166 cm³/mol. The van der Waals surface area contributed by atoms with Gasteiger partial charge in [0.2, 0.25) is 5.91 Å². The van der Waals surface area contributed by atoms with Gasteiger partial charge in [-0.3, -0.25) is 9.59 Å². The second-order valence-corrected chi connectivity index (χ2v) is 12.5. The zero-order chi connectivity index (χ0) is 30.5. The number of amides is 3. The molecule has 0 spiro atoms. The highest BCUT2D eigenvalue weighted by molar-refractivity contribution is 6.00. The van der Waals surface area contributed by atoms with Crippen LogP contribution in [0.3, 0.4) is 0 Å². The monoisotopic (exact) mass is 559 g/mol. The standard InChI is InChI=1S/C34H45N3O4/c1-21(2)18-29(36-33(40)41-34(7,8)9)32(39)37(22(3)4)30(28-17-14-23(5)19-24(28)6)31(38)35-27-16-15-25-12-10-11-13-26(25)20-27/h10-17,19-22,29-30H,18H2,1-9H3,(H,35,38)(H,36,40). The number of fused-ring (bicyclic) bond motifs is 1. The number of benzene rings is 3. The van der Waals surface area contributed by atoms with E-state index in [0.29, 0.717) is 12.1 Å². The Labute approximate surface area is 244 Å². The molecule has 0 bridgehead atoms. The Kier molecular flexibility index (Phi) is 10.2. The van der Waals surface area contributed by atoms with E-state index in [0.717, 1.165) is 27.5 Å². The Morgan fingerprint density at radius 1 is 0.878 bits per heavy atom. The fraction of sp³-hybridized carbons (Fsp3) is 0.441. The molecule has 0 fully saturated rings. The van der Waals surface area contributed by atoms with Gasteiger partial charge >= 0.3 is 6.09 Å². The second-order valence-electron chi connectivity index (χ2n) is 12.5. The molecule has 41 heavy (non-hydrogen) atoms. The Hall–Kier alpha value is -3.87. The third-order valence-electron chi connectivity index (χ3n) is 6.77. The second kappa shape index (κ2) is 13.2. The van der Waals surface area contributed by atoms with Gasteiger partial charge in [0.05, 0.1) is 0 Å². The Bertz CT molecular complexity index is 1390. The maximum Gasteiger partial charge on any atom is 0.408 e. The highest BCUT2D eigenvalue weighted by Gasteiger charge is 2.38. The summed E-state index contributed by atoms with van der Waals surface area (Å²) in [5, 5.41) is 7.94. The van der Waals surface area contributed by atoms with Gasteiger partial charge < -0.3 is 20.3 Å². The minimum absolute atomic E-state index is 0.110. The van der Waals surface area contributed by atoms with Crippen molar-refractivity contribution in [1.82, 2.24) is 10.2 Å². The van der Waals surface area contributed by atoms with Crippen molar-refractivity contribution in [3.63, 3.8) is 0 Å². The molecule has 0 radical (unpaired) electrons. The molecular formula is C34H45N3O4. The molecule has 2 unspecified atom stereocenters. The first-order chi connectivity index (χ1) is 19.2. The molecule has 0 aliphatic rings. The van der Waals surface area contributed by atoms with Crippen molar-refractivity contribution < 1.29 is 19.1 Å². The minimum Gasteiger partial charge on any atom is -0.444 e. The number of alkyl carbamates (subject to hydrolysis) is 1. The molecular weight excluding hydrogens is 514 g/mol. The summed E-state index contributed by atoms with van der Waals surface area (Å²) in [6.07, 6.45) is -0.267. The Morgan fingerprint density at radius 3 is 2.12 bits per heavy atom. The number of carbonyl (C=O) groups excluding carboxylic acids is 3. The van der Waals surface area contributed by atoms with Crippen LogP contribution in [0.2, 0.25) is 0 Å². The maximum absolute atomic E-state index is 14.3. The summed E-state index contributed by atoms with van der Waals surface area (Å²) in [6, 6.07) is 17.4. The number of hydrogen-bond acceptors (Lipinski definition) is 4. The minimum atomic E-state index is -0.926. The van der Waals surface area contributed by atoms with Gasteiger partial charge in [-0.25, -0.2) is 4.79 Å². The van der Waals surface area contributed by atoms with Crippen molar-refractivity contribution in [3.05, 3.63) is 77.4 Å². The number of nitrogens with one attached hydrogen (secondary N) is 2. The van der Waals surface area contributed by atoms with E-state index in [1.807, 2.05) is 102 Å². The van der Waals surface area contributed by atoms with Gasteiger partial charge in [0.15, 0.2) is 0 Å². The number of nitrogens with zero attached hydrogens (tertiary/aromatic N) is 1. The molecule has 0 heterocycles. The molecule has 0 aliphatic heterocycles. The first-order valence-corrected chi connectivity index (χ1v) is 14.3. The highest BCUT2D eigenvalue weighted by atomic mass is 16.6. The van der Waals surface area contributed by atoms with E-state index in [1.165, 1.54) is 0 Å². The Balaban J connectivity index is 2.05. The van der Waals surface area contributed by atoms with E-state index < -0.39 is 23.8 Å². The molecule has 7 heteroatoms. The van der Waals surface area contributed by atoms with Crippen LogP contribution >= 0.6 is 0 Å². The molecule has 7 nitrogen and oxygen atoms in total. The molecule has 3 aromatic rings. The number of anilines is 1. The summed E-state index contributed by atoms with van der Waals surface area (Å²) < 4.78 is 5.48. The fourth-order valence-electron chi connectivity index (χ4n) is 5.03. The van der Waals surface area contributed by atoms with Crippen molar-refractivity contribution in [3.8, 4) is 0 Å². The van der Waals surface area contributed by atoms with Gasteiger partial charge in [-0.1, -0.05) is 67.9 Å². The lowest BCUT2D eigenvalue weighted by Crippen LogP contribution is -2.54. The van der Waals surface area contributed by atoms with Crippen LogP contribution < -0.4 is 10.6 Å². The van der Waals surface area contributed by atoms with Gasteiger partial charge in [0, 0.05) is 11.7 Å². The topological polar surface area (TPSA) is 87.7 Å². The molecule has 0 saturated heterocycles. The summed E-state index contributed by atoms with van der Waals surface area (Å²) in [6.45, 7) is 17.0. The molecule has 2 N–H and O–H groups in total. The molecule has 0 saturated carbocycles. The maximum atomic E-state index is 14.3. The number of aryl methyl sites for hydroxylation is 2. The highest BCUT2D eigenvalue weighted by Crippen LogP contribution is 2.30. The summed E-state index contributed by atoms with van der Waals surface area (Å²) in [7, 11) is 0. The average molecular weight is 560 g/mol. The lowest BCUT2D eigenvalue weighted by Gasteiger charge is -2.38. The van der Waals surface area contributed by atoms with Crippen molar-refractivity contribution in [1.29, 1.82) is 0 Å². The lowest BCUT2D eigenvalue weighted by molar-refractivity contribution is -0.143. The molecule has 3 aromatic carbocycles. The summed E-state index contributed by atoms with van der Waals surface area (Å²) >= 11 is 0. The van der Waals surface area contributed by atoms with E-state index in [4.69, 9.17) is 4.74 Å². The molecule has 0 aliphatic carbocycles. The van der Waals surface area contributed by atoms with E-state index >= 15 is 0 Å². The van der Waals surface area contributed by atoms with Crippen LogP contribution in [0.15, 0.2) is 60.7 Å². The van der Waals surface area contributed by atoms with E-state index in [2.05, 4.69) is 10.6 Å². The first-order valence-electron chi connectivity index (χ1n) is 14.3. The van der Waals surface area contributed by atoms with Crippen LogP contribution in [0.25, 0.3) is 10.8 Å². The fourth-order valence-corrected chi connectivity index (χ4v) is 5.03. The number of rotatable bonds is 9. The van der Waals surface area contributed by atoms with Crippen LogP contribution in [0, 0.1) is 19.8 Å². The van der Waals surface area contributed by atoms with Gasteiger partial charge in [-0.2, -0.15) is 0 Å². The Morgan fingerprint density at radius 2 is 1.54 bits per heavy atom. The third kappa shape index (κ3) is 8.56. The van der Waals surface area contributed by atoms with Crippen molar-refractivity contribution >= 4 is 34.4 Å². The quantitative estimate of drug-likeness (QED) is 0.288. The zero-order valence-corrected chi connectivity index (χ0v) is 25.9. The van der Waals surface area contributed by atoms with Crippen LogP contribution in [-0.4, -0.2) is 40.5 Å². The van der Waals surface area contributed by atoms with Crippen molar-refractivity contribution in [2.24, 2.45) is 5.92 Å². The van der Waals surface area contributed by atoms with Crippen molar-refractivity contribution in [2.75, 3.05) is 5.32 Å². The van der Waals surface area contributed by atoms with E-state index in [-0.39, 0.29) is 23.8 Å². The van der Waals surface area contributed by atoms with Gasteiger partial charge in [-0.05, 0) is 94.8 Å². The van der Waals surface area contributed by atoms with Gasteiger partial charge in [0.1, 0.15) is 17.7 Å². The molecule has 220 valence electrons. The van der Waals surface area contributed by atoms with Gasteiger partial charge in [0.25, 0.3) is 5.91 Å². The normalized spacial score (nSPS) is 13.1. The van der Waals surface area contributed by atoms with Crippen LogP contribution in [0.1, 0.15) is 77.6 Å². The zero-order valence-electron chi connectivity index (χ0n) is 25.9. The molecule has 0 aromatic heterocycles. The van der Waals surface area contributed by atoms with Crippen LogP contribution in [-0.2, 0) is 14.3 Å². The molecule has 2 atom stereocenters. The summed E-state index contributed by atoms with van der Waals surface area (Å²) in [5.41, 5.74) is 2.63. The average Bonchev–Trinajstić information content (AvgIpc) is 2.85. The summed E-state index contributed by atoms with van der Waals surface area (Å²) in [4.78, 5) is 42.9.